The SMILES string of the molecule is CNCCC1CCCCN1Cc1nc(N)nc(N)n1. The number of nitrogens with two attached hydrogens (primary N) is 2. The van der Waals surface area contributed by atoms with E-state index in [-0.39, 0.29) is 11.9 Å². The highest BCUT2D eigenvalue weighted by atomic mass is 15.2. The number of anilines is 2. The molecule has 19 heavy (non-hydrogen) atoms. The lowest BCUT2D eigenvalue weighted by Crippen LogP contribution is -2.40. The van der Waals surface area contributed by atoms with E-state index in [0.29, 0.717) is 18.4 Å². The van der Waals surface area contributed by atoms with E-state index in [1.165, 1.54) is 19.3 Å². The first kappa shape index (κ1) is 14.0. The Morgan fingerprint density at radius 3 is 2.63 bits per heavy atom. The van der Waals surface area contributed by atoms with Crippen LogP contribution < -0.4 is 16.8 Å². The van der Waals surface area contributed by atoms with Crippen molar-refractivity contribution in [2.75, 3.05) is 31.6 Å². The molecular formula is C12H23N7. The summed E-state index contributed by atoms with van der Waals surface area (Å²) >= 11 is 0. The predicted octanol–water partition coefficient (Wildman–Crippen LogP) is 0.00000000000000150. The van der Waals surface area contributed by atoms with Crippen LogP contribution in [0.15, 0.2) is 0 Å². The van der Waals surface area contributed by atoms with Gasteiger partial charge in [-0.15, -0.1) is 0 Å². The number of nitrogen functional groups attached to an aromatic ring is 2. The van der Waals surface area contributed by atoms with Gasteiger partial charge in [0.05, 0.1) is 6.54 Å². The van der Waals surface area contributed by atoms with Crippen molar-refractivity contribution in [3.8, 4) is 0 Å². The quantitative estimate of drug-likeness (QED) is 0.688. The van der Waals surface area contributed by atoms with E-state index in [1.54, 1.807) is 0 Å². The number of rotatable bonds is 5. The number of hydrogen-bond acceptors (Lipinski definition) is 7. The van der Waals surface area contributed by atoms with Crippen molar-refractivity contribution in [3.05, 3.63) is 5.82 Å². The molecule has 1 unspecified atom stereocenters. The topological polar surface area (TPSA) is 106 Å². The maximum Gasteiger partial charge on any atom is 0.225 e. The highest BCUT2D eigenvalue weighted by molar-refractivity contribution is 5.25. The third kappa shape index (κ3) is 4.00. The van der Waals surface area contributed by atoms with Crippen LogP contribution in [-0.2, 0) is 6.54 Å². The number of nitrogens with one attached hydrogen (secondary N) is 1. The van der Waals surface area contributed by atoms with Gasteiger partial charge < -0.3 is 16.8 Å². The summed E-state index contributed by atoms with van der Waals surface area (Å²) in [7, 11) is 1.99. The third-order valence-electron chi connectivity index (χ3n) is 3.54. The Bertz CT molecular complexity index is 389. The molecule has 7 heteroatoms. The molecule has 1 aliphatic rings. The molecule has 0 aromatic carbocycles. The first-order valence-electron chi connectivity index (χ1n) is 6.83. The molecule has 1 aromatic rings. The number of likely N-dealkylation sites (tertiary alicyclic amines) is 1. The molecule has 1 saturated heterocycles. The minimum atomic E-state index is 0.200. The Kier molecular flexibility index (Phi) is 4.86. The Morgan fingerprint density at radius 2 is 1.95 bits per heavy atom. The smallest absolute Gasteiger partial charge is 0.225 e. The molecule has 0 spiro atoms. The van der Waals surface area contributed by atoms with Gasteiger partial charge in [0.2, 0.25) is 11.9 Å². The zero-order valence-electron chi connectivity index (χ0n) is 11.5. The van der Waals surface area contributed by atoms with Crippen molar-refractivity contribution in [3.63, 3.8) is 0 Å². The molecule has 1 fully saturated rings. The highest BCUT2D eigenvalue weighted by Gasteiger charge is 2.22. The first-order chi connectivity index (χ1) is 9.19. The van der Waals surface area contributed by atoms with E-state index in [2.05, 4.69) is 25.2 Å². The van der Waals surface area contributed by atoms with E-state index in [1.807, 2.05) is 7.05 Å². The standard InChI is InChI=1S/C12H23N7/c1-15-6-5-9-4-2-3-7-19(9)8-10-16-11(13)18-12(14)17-10/h9,15H,2-8H2,1H3,(H4,13,14,16,17,18). The summed E-state index contributed by atoms with van der Waals surface area (Å²) in [6, 6.07) is 0.584. The predicted molar refractivity (Wildman–Crippen MR) is 75.2 cm³/mol. The van der Waals surface area contributed by atoms with Crippen LogP contribution in [0.4, 0.5) is 11.9 Å². The average molecular weight is 265 g/mol. The molecule has 106 valence electrons. The van der Waals surface area contributed by atoms with Crippen molar-refractivity contribution in [2.24, 2.45) is 0 Å². The molecule has 0 radical (unpaired) electrons. The van der Waals surface area contributed by atoms with Gasteiger partial charge in [-0.3, -0.25) is 4.90 Å². The molecule has 7 nitrogen and oxygen atoms in total. The Morgan fingerprint density at radius 1 is 1.21 bits per heavy atom. The van der Waals surface area contributed by atoms with Crippen LogP contribution in [0.3, 0.4) is 0 Å². The molecular weight excluding hydrogens is 242 g/mol. The second kappa shape index (κ2) is 6.63. The van der Waals surface area contributed by atoms with Crippen LogP contribution in [0.2, 0.25) is 0 Å². The summed E-state index contributed by atoms with van der Waals surface area (Å²) in [5.74, 6) is 1.07. The fraction of sp³-hybridized carbons (Fsp3) is 0.750. The molecule has 0 bridgehead atoms. The normalized spacial score (nSPS) is 20.6. The van der Waals surface area contributed by atoms with E-state index in [0.717, 1.165) is 19.5 Å². The molecule has 5 N–H and O–H groups in total. The van der Waals surface area contributed by atoms with Gasteiger partial charge in [-0.05, 0) is 39.4 Å². The van der Waals surface area contributed by atoms with Crippen molar-refractivity contribution < 1.29 is 0 Å². The minimum Gasteiger partial charge on any atom is -0.368 e. The lowest BCUT2D eigenvalue weighted by molar-refractivity contribution is 0.129. The number of aromatic nitrogens is 3. The summed E-state index contributed by atoms with van der Waals surface area (Å²) in [5.41, 5.74) is 11.2. The van der Waals surface area contributed by atoms with Crippen LogP contribution in [0, 0.1) is 0 Å². The lowest BCUT2D eigenvalue weighted by Gasteiger charge is -2.35. The zero-order chi connectivity index (χ0) is 13.7. The molecule has 0 saturated carbocycles. The van der Waals surface area contributed by atoms with Crippen LogP contribution in [-0.4, -0.2) is 46.0 Å². The van der Waals surface area contributed by atoms with Gasteiger partial charge in [0, 0.05) is 6.04 Å². The fourth-order valence-electron chi connectivity index (χ4n) is 2.62. The van der Waals surface area contributed by atoms with Gasteiger partial charge in [0.1, 0.15) is 5.82 Å². The van der Waals surface area contributed by atoms with Gasteiger partial charge in [-0.1, -0.05) is 6.42 Å². The van der Waals surface area contributed by atoms with Gasteiger partial charge in [-0.2, -0.15) is 15.0 Å². The van der Waals surface area contributed by atoms with E-state index in [9.17, 15) is 0 Å². The Labute approximate surface area is 113 Å². The Balaban J connectivity index is 2.01. The molecule has 0 aliphatic carbocycles. The van der Waals surface area contributed by atoms with Gasteiger partial charge in [0.15, 0.2) is 0 Å². The monoisotopic (exact) mass is 265 g/mol. The minimum absolute atomic E-state index is 0.200. The molecule has 2 rings (SSSR count). The molecule has 1 aromatic heterocycles. The average Bonchev–Trinajstić information content (AvgIpc) is 2.36. The number of hydrogen-bond donors (Lipinski definition) is 3. The fourth-order valence-corrected chi connectivity index (χ4v) is 2.62. The largest absolute Gasteiger partial charge is 0.368 e. The second-order valence-electron chi connectivity index (χ2n) is 4.98. The molecule has 1 atom stereocenters. The van der Waals surface area contributed by atoms with E-state index >= 15 is 0 Å². The van der Waals surface area contributed by atoms with E-state index < -0.39 is 0 Å². The van der Waals surface area contributed by atoms with Crippen LogP contribution in [0.25, 0.3) is 0 Å². The summed E-state index contributed by atoms with van der Waals surface area (Å²) in [6.45, 7) is 2.81. The maximum absolute atomic E-state index is 5.61. The second-order valence-corrected chi connectivity index (χ2v) is 4.98. The summed E-state index contributed by atoms with van der Waals surface area (Å²) in [5, 5.41) is 3.21. The molecule has 0 amide bonds. The van der Waals surface area contributed by atoms with Crippen molar-refractivity contribution in [1.29, 1.82) is 0 Å². The first-order valence-corrected chi connectivity index (χ1v) is 6.83. The summed E-state index contributed by atoms with van der Waals surface area (Å²) < 4.78 is 0. The lowest BCUT2D eigenvalue weighted by atomic mass is 9.99. The number of nitrogens with zero attached hydrogens (tertiary/aromatic N) is 4. The molecule has 1 aliphatic heterocycles. The van der Waals surface area contributed by atoms with Crippen LogP contribution >= 0.6 is 0 Å². The van der Waals surface area contributed by atoms with Crippen LogP contribution in [0.1, 0.15) is 31.5 Å². The van der Waals surface area contributed by atoms with Crippen molar-refractivity contribution in [2.45, 2.75) is 38.3 Å². The maximum atomic E-state index is 5.61. The van der Waals surface area contributed by atoms with Crippen LogP contribution in [0.5, 0.6) is 0 Å². The number of piperidine rings is 1. The summed E-state index contributed by atoms with van der Waals surface area (Å²) in [6.07, 6.45) is 4.91. The summed E-state index contributed by atoms with van der Waals surface area (Å²) in [4.78, 5) is 14.5. The highest BCUT2D eigenvalue weighted by Crippen LogP contribution is 2.21. The molecule has 2 heterocycles. The third-order valence-corrected chi connectivity index (χ3v) is 3.54. The van der Waals surface area contributed by atoms with Crippen molar-refractivity contribution in [1.82, 2.24) is 25.2 Å². The van der Waals surface area contributed by atoms with Crippen molar-refractivity contribution >= 4 is 11.9 Å². The Hall–Kier alpha value is -1.47. The van der Waals surface area contributed by atoms with Gasteiger partial charge in [0.25, 0.3) is 0 Å². The van der Waals surface area contributed by atoms with E-state index in [4.69, 9.17) is 11.5 Å². The zero-order valence-corrected chi connectivity index (χ0v) is 11.5. The van der Waals surface area contributed by atoms with Gasteiger partial charge in [-0.25, -0.2) is 0 Å². The van der Waals surface area contributed by atoms with Gasteiger partial charge >= 0.3 is 0 Å².